The van der Waals surface area contributed by atoms with Crippen LogP contribution in [0, 0.1) is 0 Å². The monoisotopic (exact) mass is 623 g/mol. The number of anilines is 2. The standard InChI is InChI=1S/C35H37N5O6/c1-42-18-20-44-33-22-28-29(23-34(33)45-21-19-43-2)36-24-37-35(28)38-14-16-39(17-15-38)40(25-41)30-11-5-6-12-32(30)46-31-13-7-9-26-8-3-4-10-27(26)31/h3-13,22-25H,14-21H2,1-2H3. The lowest BCUT2D eigenvalue weighted by molar-refractivity contribution is -0.110. The van der Waals surface area contributed by atoms with Crippen LogP contribution in [0.1, 0.15) is 0 Å². The highest BCUT2D eigenvalue weighted by atomic mass is 16.5. The minimum Gasteiger partial charge on any atom is -0.487 e. The van der Waals surface area contributed by atoms with Gasteiger partial charge in [-0.2, -0.15) is 0 Å². The summed E-state index contributed by atoms with van der Waals surface area (Å²) in [6.07, 6.45) is 2.41. The van der Waals surface area contributed by atoms with E-state index in [1.807, 2.05) is 71.7 Å². The molecular weight excluding hydrogens is 586 g/mol. The van der Waals surface area contributed by atoms with E-state index in [4.69, 9.17) is 23.7 Å². The van der Waals surface area contributed by atoms with Gasteiger partial charge in [-0.05, 0) is 29.7 Å². The number of aromatic nitrogens is 2. The van der Waals surface area contributed by atoms with Gasteiger partial charge in [-0.3, -0.25) is 4.79 Å². The third-order valence-corrected chi connectivity index (χ3v) is 7.81. The highest BCUT2D eigenvalue weighted by Gasteiger charge is 2.26. The minimum absolute atomic E-state index is 0.373. The van der Waals surface area contributed by atoms with E-state index >= 15 is 0 Å². The van der Waals surface area contributed by atoms with Crippen LogP contribution in [0.3, 0.4) is 0 Å². The van der Waals surface area contributed by atoms with Gasteiger partial charge < -0.3 is 28.6 Å². The van der Waals surface area contributed by atoms with Crippen LogP contribution in [-0.2, 0) is 14.3 Å². The summed E-state index contributed by atoms with van der Waals surface area (Å²) >= 11 is 0. The molecule has 0 N–H and O–H groups in total. The van der Waals surface area contributed by atoms with Gasteiger partial charge in [-0.25, -0.2) is 20.0 Å². The maximum Gasteiger partial charge on any atom is 0.228 e. The number of carbonyl (C=O) groups is 1. The van der Waals surface area contributed by atoms with Gasteiger partial charge in [0, 0.05) is 57.2 Å². The number of benzene rings is 4. The molecule has 1 aliphatic rings. The molecule has 46 heavy (non-hydrogen) atoms. The molecule has 0 bridgehead atoms. The molecule has 5 aromatic rings. The predicted molar refractivity (Wildman–Crippen MR) is 177 cm³/mol. The molecule has 11 nitrogen and oxygen atoms in total. The van der Waals surface area contributed by atoms with E-state index in [1.165, 1.54) is 0 Å². The van der Waals surface area contributed by atoms with Crippen molar-refractivity contribution in [3.63, 3.8) is 0 Å². The Morgan fingerprint density at radius 1 is 0.717 bits per heavy atom. The van der Waals surface area contributed by atoms with Crippen molar-refractivity contribution in [1.29, 1.82) is 0 Å². The van der Waals surface area contributed by atoms with Gasteiger partial charge in [0.05, 0.1) is 18.7 Å². The van der Waals surface area contributed by atoms with E-state index in [2.05, 4.69) is 27.0 Å². The van der Waals surface area contributed by atoms with Gasteiger partial charge in [-0.15, -0.1) is 0 Å². The first-order valence-corrected chi connectivity index (χ1v) is 15.2. The fourth-order valence-electron chi connectivity index (χ4n) is 5.53. The number of piperazine rings is 1. The lowest BCUT2D eigenvalue weighted by Crippen LogP contribution is -2.54. The summed E-state index contributed by atoms with van der Waals surface area (Å²) in [4.78, 5) is 23.9. The fourth-order valence-corrected chi connectivity index (χ4v) is 5.53. The van der Waals surface area contributed by atoms with Crippen LogP contribution in [0.5, 0.6) is 23.0 Å². The number of hydrogen-bond donors (Lipinski definition) is 0. The minimum atomic E-state index is 0.373. The van der Waals surface area contributed by atoms with Crippen molar-refractivity contribution in [2.24, 2.45) is 0 Å². The summed E-state index contributed by atoms with van der Waals surface area (Å²) in [6.45, 7) is 4.09. The molecule has 1 aliphatic heterocycles. The Morgan fingerprint density at radius 3 is 2.15 bits per heavy atom. The van der Waals surface area contributed by atoms with Gasteiger partial charge in [0.25, 0.3) is 0 Å². The zero-order chi connectivity index (χ0) is 31.7. The summed E-state index contributed by atoms with van der Waals surface area (Å²) in [5.74, 6) is 3.29. The molecule has 238 valence electrons. The number of methoxy groups -OCH3 is 2. The number of para-hydroxylation sites is 2. The molecule has 0 unspecified atom stereocenters. The van der Waals surface area contributed by atoms with Crippen LogP contribution in [0.15, 0.2) is 85.2 Å². The van der Waals surface area contributed by atoms with Crippen molar-refractivity contribution >= 4 is 39.6 Å². The molecule has 0 spiro atoms. The molecule has 1 fully saturated rings. The largest absolute Gasteiger partial charge is 0.487 e. The van der Waals surface area contributed by atoms with Crippen molar-refractivity contribution in [2.75, 3.05) is 76.7 Å². The van der Waals surface area contributed by atoms with Gasteiger partial charge in [0.2, 0.25) is 6.41 Å². The zero-order valence-electron chi connectivity index (χ0n) is 26.0. The van der Waals surface area contributed by atoms with Crippen LogP contribution < -0.4 is 24.1 Å². The molecule has 1 saturated heterocycles. The summed E-state index contributed by atoms with van der Waals surface area (Å²) in [5, 5.41) is 6.61. The summed E-state index contributed by atoms with van der Waals surface area (Å²) in [7, 11) is 3.26. The lowest BCUT2D eigenvalue weighted by Gasteiger charge is -2.40. The second-order valence-corrected chi connectivity index (χ2v) is 10.6. The summed E-state index contributed by atoms with van der Waals surface area (Å²) in [5.41, 5.74) is 1.41. The third kappa shape index (κ3) is 6.81. The molecule has 11 heteroatoms. The molecule has 2 heterocycles. The van der Waals surface area contributed by atoms with E-state index in [0.29, 0.717) is 75.5 Å². The number of rotatable bonds is 14. The summed E-state index contributed by atoms with van der Waals surface area (Å²) in [6, 6.07) is 25.4. The number of hydrazine groups is 1. The Labute approximate surface area is 267 Å². The quantitative estimate of drug-likeness (QED) is 0.119. The average molecular weight is 624 g/mol. The Hall–Kier alpha value is -4.97. The second-order valence-electron chi connectivity index (χ2n) is 10.6. The van der Waals surface area contributed by atoms with Crippen LogP contribution in [-0.4, -0.2) is 88.2 Å². The number of hydrogen-bond acceptors (Lipinski definition) is 10. The van der Waals surface area contributed by atoms with Crippen LogP contribution >= 0.6 is 0 Å². The van der Waals surface area contributed by atoms with Gasteiger partial charge >= 0.3 is 0 Å². The van der Waals surface area contributed by atoms with Crippen LogP contribution in [0.25, 0.3) is 21.7 Å². The van der Waals surface area contributed by atoms with Crippen molar-refractivity contribution in [1.82, 2.24) is 15.0 Å². The average Bonchev–Trinajstić information content (AvgIpc) is 3.10. The van der Waals surface area contributed by atoms with E-state index < -0.39 is 0 Å². The third-order valence-electron chi connectivity index (χ3n) is 7.81. The molecule has 0 radical (unpaired) electrons. The summed E-state index contributed by atoms with van der Waals surface area (Å²) < 4.78 is 28.7. The molecule has 4 aromatic carbocycles. The van der Waals surface area contributed by atoms with Crippen molar-refractivity contribution in [3.8, 4) is 23.0 Å². The second kappa shape index (κ2) is 14.9. The number of amides is 1. The lowest BCUT2D eigenvalue weighted by atomic mass is 10.1. The van der Waals surface area contributed by atoms with Crippen molar-refractivity contribution in [3.05, 3.63) is 85.2 Å². The topological polar surface area (TPSA) is 98.7 Å². The highest BCUT2D eigenvalue weighted by molar-refractivity contribution is 5.92. The van der Waals surface area contributed by atoms with Crippen LogP contribution in [0.2, 0.25) is 0 Å². The fraction of sp³-hybridized carbons (Fsp3) is 0.286. The predicted octanol–water partition coefficient (Wildman–Crippen LogP) is 5.33. The maximum atomic E-state index is 12.6. The van der Waals surface area contributed by atoms with Crippen molar-refractivity contribution in [2.45, 2.75) is 0 Å². The highest BCUT2D eigenvalue weighted by Crippen LogP contribution is 2.38. The zero-order valence-corrected chi connectivity index (χ0v) is 26.0. The molecule has 0 aliphatic carbocycles. The molecule has 1 amide bonds. The normalized spacial score (nSPS) is 13.6. The number of nitrogens with zero attached hydrogens (tertiary/aromatic N) is 5. The smallest absolute Gasteiger partial charge is 0.228 e. The molecule has 0 saturated carbocycles. The first-order chi connectivity index (χ1) is 22.7. The van der Waals surface area contributed by atoms with Gasteiger partial charge in [-0.1, -0.05) is 48.5 Å². The molecule has 1 aromatic heterocycles. The van der Waals surface area contributed by atoms with Crippen LogP contribution in [0.4, 0.5) is 11.5 Å². The number of fused-ring (bicyclic) bond motifs is 2. The Morgan fingerprint density at radius 2 is 1.39 bits per heavy atom. The van der Waals surface area contributed by atoms with Gasteiger partial charge in [0.15, 0.2) is 17.2 Å². The SMILES string of the molecule is COCCOc1cc2ncnc(N3CCN(N(C=O)c4ccccc4Oc4cccc5ccccc45)CC3)c2cc1OCCOC. The van der Waals surface area contributed by atoms with E-state index in [1.54, 1.807) is 25.6 Å². The Balaban J connectivity index is 1.21. The van der Waals surface area contributed by atoms with E-state index in [9.17, 15) is 4.79 Å². The molecular formula is C35H37N5O6. The van der Waals surface area contributed by atoms with E-state index in [-0.39, 0.29) is 0 Å². The number of carbonyl (C=O) groups excluding carboxylic acids is 1. The van der Waals surface area contributed by atoms with E-state index in [0.717, 1.165) is 39.7 Å². The van der Waals surface area contributed by atoms with Gasteiger partial charge in [0.1, 0.15) is 36.8 Å². The molecule has 0 atom stereocenters. The number of ether oxygens (including phenoxy) is 5. The Bertz CT molecular complexity index is 1770. The maximum absolute atomic E-state index is 12.6. The first-order valence-electron chi connectivity index (χ1n) is 15.2. The molecule has 6 rings (SSSR count). The van der Waals surface area contributed by atoms with Crippen molar-refractivity contribution < 1.29 is 28.5 Å². The Kier molecular flexibility index (Phi) is 10.0. The first kappa shape index (κ1) is 31.0.